The van der Waals surface area contributed by atoms with Crippen LogP contribution < -0.4 is 15.4 Å². The number of carbonyl (C=O) groups is 2. The molecule has 3 aromatic carbocycles. The molecule has 7 nitrogen and oxygen atoms in total. The molecule has 3 aromatic rings. The first-order chi connectivity index (χ1) is 15.7. The first kappa shape index (κ1) is 21.4. The summed E-state index contributed by atoms with van der Waals surface area (Å²) in [5.41, 5.74) is 1.94. The summed E-state index contributed by atoms with van der Waals surface area (Å²) in [5.74, 6) is 1.13. The zero-order chi connectivity index (χ0) is 22.2. The van der Waals surface area contributed by atoms with E-state index in [4.69, 9.17) is 9.47 Å². The van der Waals surface area contributed by atoms with Crippen molar-refractivity contribution in [1.29, 1.82) is 0 Å². The van der Waals surface area contributed by atoms with Crippen molar-refractivity contribution in [2.75, 3.05) is 43.5 Å². The minimum atomic E-state index is -0.202. The summed E-state index contributed by atoms with van der Waals surface area (Å²) in [5, 5.41) is 5.94. The van der Waals surface area contributed by atoms with Crippen molar-refractivity contribution < 1.29 is 19.1 Å². The van der Waals surface area contributed by atoms with E-state index in [9.17, 15) is 9.59 Å². The van der Waals surface area contributed by atoms with Gasteiger partial charge in [-0.15, -0.1) is 0 Å². The Labute approximate surface area is 187 Å². The molecule has 0 saturated carbocycles. The molecule has 0 aliphatic carbocycles. The maximum atomic E-state index is 12.6. The van der Waals surface area contributed by atoms with E-state index in [1.165, 1.54) is 0 Å². The van der Waals surface area contributed by atoms with Crippen LogP contribution in [0.25, 0.3) is 0 Å². The first-order valence-electron chi connectivity index (χ1n) is 10.5. The fourth-order valence-electron chi connectivity index (χ4n) is 3.36. The van der Waals surface area contributed by atoms with E-state index in [1.54, 1.807) is 35.2 Å². The predicted molar refractivity (Wildman–Crippen MR) is 123 cm³/mol. The van der Waals surface area contributed by atoms with Gasteiger partial charge in [-0.1, -0.05) is 30.3 Å². The lowest BCUT2D eigenvalue weighted by Crippen LogP contribution is -2.40. The number of hydrogen-bond donors (Lipinski definition) is 2. The SMILES string of the molecule is O=C(CNc1cccc(C(=O)N2CCOCC2)c1)Nc1cccc(Oc2ccccc2)c1. The van der Waals surface area contributed by atoms with Crippen LogP contribution in [0.1, 0.15) is 10.4 Å². The molecule has 32 heavy (non-hydrogen) atoms. The van der Waals surface area contributed by atoms with Gasteiger partial charge in [-0.25, -0.2) is 0 Å². The molecule has 1 fully saturated rings. The molecule has 1 aliphatic rings. The number of morpholine rings is 1. The van der Waals surface area contributed by atoms with Gasteiger partial charge in [0.25, 0.3) is 5.91 Å². The minimum absolute atomic E-state index is 0.0309. The summed E-state index contributed by atoms with van der Waals surface area (Å²) < 4.78 is 11.1. The Kier molecular flexibility index (Phi) is 6.99. The number of ether oxygens (including phenoxy) is 2. The lowest BCUT2D eigenvalue weighted by molar-refractivity contribution is -0.114. The number of nitrogens with zero attached hydrogens (tertiary/aromatic N) is 1. The molecular weight excluding hydrogens is 406 g/mol. The summed E-state index contributed by atoms with van der Waals surface area (Å²) in [7, 11) is 0. The van der Waals surface area contributed by atoms with Crippen LogP contribution in [0.3, 0.4) is 0 Å². The molecule has 2 N–H and O–H groups in total. The monoisotopic (exact) mass is 431 g/mol. The number of hydrogen-bond acceptors (Lipinski definition) is 5. The third-order valence-corrected chi connectivity index (χ3v) is 4.96. The van der Waals surface area contributed by atoms with Crippen molar-refractivity contribution in [3.05, 3.63) is 84.4 Å². The average Bonchev–Trinajstić information content (AvgIpc) is 2.84. The van der Waals surface area contributed by atoms with Crippen molar-refractivity contribution in [3.63, 3.8) is 0 Å². The molecule has 2 amide bonds. The maximum absolute atomic E-state index is 12.6. The Morgan fingerprint density at radius 2 is 1.56 bits per heavy atom. The number of amides is 2. The number of anilines is 2. The van der Waals surface area contributed by atoms with Gasteiger partial charge in [0, 0.05) is 36.1 Å². The zero-order valence-electron chi connectivity index (χ0n) is 17.6. The Balaban J connectivity index is 1.31. The van der Waals surface area contributed by atoms with E-state index in [-0.39, 0.29) is 18.4 Å². The second-order valence-corrected chi connectivity index (χ2v) is 7.33. The number of nitrogens with one attached hydrogen (secondary N) is 2. The van der Waals surface area contributed by atoms with Crippen LogP contribution in [-0.2, 0) is 9.53 Å². The van der Waals surface area contributed by atoms with Gasteiger partial charge in [0.15, 0.2) is 0 Å². The average molecular weight is 431 g/mol. The van der Waals surface area contributed by atoms with Crippen molar-refractivity contribution in [3.8, 4) is 11.5 Å². The summed E-state index contributed by atoms with van der Waals surface area (Å²) >= 11 is 0. The van der Waals surface area contributed by atoms with Crippen molar-refractivity contribution in [2.24, 2.45) is 0 Å². The molecule has 0 aromatic heterocycles. The van der Waals surface area contributed by atoms with Crippen LogP contribution in [0, 0.1) is 0 Å². The number of carbonyl (C=O) groups excluding carboxylic acids is 2. The quantitative estimate of drug-likeness (QED) is 0.591. The highest BCUT2D eigenvalue weighted by molar-refractivity contribution is 5.96. The van der Waals surface area contributed by atoms with E-state index in [1.807, 2.05) is 48.5 Å². The van der Waals surface area contributed by atoms with Gasteiger partial charge >= 0.3 is 0 Å². The lowest BCUT2D eigenvalue weighted by Gasteiger charge is -2.27. The Morgan fingerprint density at radius 1 is 0.844 bits per heavy atom. The maximum Gasteiger partial charge on any atom is 0.254 e. The molecule has 7 heteroatoms. The van der Waals surface area contributed by atoms with Gasteiger partial charge in [0.2, 0.25) is 5.91 Å². The van der Waals surface area contributed by atoms with Gasteiger partial charge in [-0.2, -0.15) is 0 Å². The molecule has 1 saturated heterocycles. The molecule has 4 rings (SSSR count). The van der Waals surface area contributed by atoms with Gasteiger partial charge in [-0.3, -0.25) is 9.59 Å². The highest BCUT2D eigenvalue weighted by Crippen LogP contribution is 2.23. The predicted octanol–water partition coefficient (Wildman–Crippen LogP) is 4.00. The Bertz CT molecular complexity index is 1070. The molecule has 164 valence electrons. The normalized spacial score (nSPS) is 13.3. The fraction of sp³-hybridized carbons (Fsp3) is 0.200. The topological polar surface area (TPSA) is 79.9 Å². The van der Waals surface area contributed by atoms with Crippen molar-refractivity contribution in [2.45, 2.75) is 0 Å². The van der Waals surface area contributed by atoms with Crippen LogP contribution in [-0.4, -0.2) is 49.6 Å². The zero-order valence-corrected chi connectivity index (χ0v) is 17.6. The molecule has 0 radical (unpaired) electrons. The smallest absolute Gasteiger partial charge is 0.254 e. The standard InChI is InChI=1S/C25H25N3O4/c29-24(27-21-8-5-11-23(17-21)32-22-9-2-1-3-10-22)18-26-20-7-4-6-19(16-20)25(30)28-12-14-31-15-13-28/h1-11,16-17,26H,12-15,18H2,(H,27,29). The summed E-state index contributed by atoms with van der Waals surface area (Å²) in [6.07, 6.45) is 0. The van der Waals surface area contributed by atoms with Gasteiger partial charge in [-0.05, 0) is 42.5 Å². The Morgan fingerprint density at radius 3 is 2.38 bits per heavy atom. The third-order valence-electron chi connectivity index (χ3n) is 4.96. The molecule has 0 unspecified atom stereocenters. The molecule has 1 heterocycles. The summed E-state index contributed by atoms with van der Waals surface area (Å²) in [4.78, 5) is 26.8. The van der Waals surface area contributed by atoms with Crippen LogP contribution in [0.2, 0.25) is 0 Å². The molecule has 0 atom stereocenters. The molecule has 0 bridgehead atoms. The molecule has 1 aliphatic heterocycles. The Hall–Kier alpha value is -3.84. The third kappa shape index (κ3) is 5.86. The second kappa shape index (κ2) is 10.5. The minimum Gasteiger partial charge on any atom is -0.457 e. The number of para-hydroxylation sites is 1. The van der Waals surface area contributed by atoms with Crippen LogP contribution in [0.15, 0.2) is 78.9 Å². The van der Waals surface area contributed by atoms with Crippen molar-refractivity contribution >= 4 is 23.2 Å². The lowest BCUT2D eigenvalue weighted by atomic mass is 10.1. The summed E-state index contributed by atoms with van der Waals surface area (Å²) in [6.45, 7) is 2.36. The van der Waals surface area contributed by atoms with Gasteiger partial charge < -0.3 is 25.0 Å². The highest BCUT2D eigenvalue weighted by atomic mass is 16.5. The van der Waals surface area contributed by atoms with Gasteiger partial charge in [0.05, 0.1) is 19.8 Å². The number of benzene rings is 3. The van der Waals surface area contributed by atoms with E-state index in [2.05, 4.69) is 10.6 Å². The van der Waals surface area contributed by atoms with Crippen LogP contribution >= 0.6 is 0 Å². The summed E-state index contributed by atoms with van der Waals surface area (Å²) in [6, 6.07) is 23.9. The highest BCUT2D eigenvalue weighted by Gasteiger charge is 2.18. The number of rotatable bonds is 7. The fourth-order valence-corrected chi connectivity index (χ4v) is 3.36. The van der Waals surface area contributed by atoms with E-state index >= 15 is 0 Å². The van der Waals surface area contributed by atoms with E-state index in [0.717, 1.165) is 5.75 Å². The van der Waals surface area contributed by atoms with Crippen LogP contribution in [0.4, 0.5) is 11.4 Å². The van der Waals surface area contributed by atoms with Gasteiger partial charge in [0.1, 0.15) is 11.5 Å². The molecule has 0 spiro atoms. The van der Waals surface area contributed by atoms with Crippen molar-refractivity contribution in [1.82, 2.24) is 4.90 Å². The van der Waals surface area contributed by atoms with Crippen LogP contribution in [0.5, 0.6) is 11.5 Å². The van der Waals surface area contributed by atoms with E-state index in [0.29, 0.717) is 49.0 Å². The largest absolute Gasteiger partial charge is 0.457 e. The van der Waals surface area contributed by atoms with E-state index < -0.39 is 0 Å². The molecular formula is C25H25N3O4. The second-order valence-electron chi connectivity index (χ2n) is 7.33. The first-order valence-corrected chi connectivity index (χ1v) is 10.5.